The molecule has 3 nitrogen and oxygen atoms in total. The molecule has 2 atom stereocenters. The van der Waals surface area contributed by atoms with Crippen LogP contribution < -0.4 is 10.5 Å². The Balaban J connectivity index is 2.05. The molecule has 1 heterocycles. The van der Waals surface area contributed by atoms with E-state index in [1.807, 2.05) is 0 Å². The Bertz CT molecular complexity index is 332. The molecule has 1 aromatic rings. The van der Waals surface area contributed by atoms with Gasteiger partial charge in [-0.05, 0) is 37.9 Å². The lowest BCUT2D eigenvalue weighted by Gasteiger charge is -2.19. The van der Waals surface area contributed by atoms with Crippen LogP contribution in [0.4, 0.5) is 4.39 Å². The first-order valence-corrected chi connectivity index (χ1v) is 5.28. The highest BCUT2D eigenvalue weighted by Crippen LogP contribution is 2.28. The molecule has 1 aromatic heterocycles. The first kappa shape index (κ1) is 10.4. The summed E-state index contributed by atoms with van der Waals surface area (Å²) in [6.07, 6.45) is 4.67. The number of hydrogen-bond acceptors (Lipinski definition) is 3. The number of nitrogens with zero attached hydrogens (tertiary/aromatic N) is 1. The van der Waals surface area contributed by atoms with Gasteiger partial charge in [-0.1, -0.05) is 0 Å². The molecule has 4 heteroatoms. The molecule has 0 bridgehead atoms. The maximum Gasteiger partial charge on any atom is 0.250 e. The normalized spacial score (nSPS) is 25.5. The second kappa shape index (κ2) is 4.57. The maximum absolute atomic E-state index is 13.3. The van der Waals surface area contributed by atoms with Crippen molar-refractivity contribution in [1.82, 2.24) is 4.98 Å². The van der Waals surface area contributed by atoms with Crippen molar-refractivity contribution < 1.29 is 9.13 Å². The quantitative estimate of drug-likeness (QED) is 0.826. The number of rotatable bonds is 3. The minimum atomic E-state index is -0.403. The van der Waals surface area contributed by atoms with E-state index >= 15 is 0 Å². The number of halogens is 1. The Morgan fingerprint density at radius 3 is 3.13 bits per heavy atom. The summed E-state index contributed by atoms with van der Waals surface area (Å²) in [5, 5.41) is 0. The molecule has 82 valence electrons. The molecule has 2 N–H and O–H groups in total. The van der Waals surface area contributed by atoms with E-state index in [4.69, 9.17) is 10.5 Å². The number of ether oxygens (including phenoxy) is 1. The summed E-state index contributed by atoms with van der Waals surface area (Å²) in [7, 11) is 0. The molecule has 0 aromatic carbocycles. The highest BCUT2D eigenvalue weighted by molar-refractivity contribution is 5.13. The smallest absolute Gasteiger partial charge is 0.250 e. The van der Waals surface area contributed by atoms with Gasteiger partial charge in [-0.2, -0.15) is 0 Å². The topological polar surface area (TPSA) is 48.1 Å². The third-order valence-electron chi connectivity index (χ3n) is 2.88. The summed E-state index contributed by atoms with van der Waals surface area (Å²) >= 11 is 0. The Kier molecular flexibility index (Phi) is 3.16. The van der Waals surface area contributed by atoms with Crippen molar-refractivity contribution in [3.63, 3.8) is 0 Å². The van der Waals surface area contributed by atoms with Crippen molar-refractivity contribution in [2.45, 2.75) is 25.4 Å². The Hall–Kier alpha value is -1.16. The van der Waals surface area contributed by atoms with Crippen LogP contribution in [0.1, 0.15) is 19.3 Å². The van der Waals surface area contributed by atoms with E-state index in [1.54, 1.807) is 6.07 Å². The molecule has 15 heavy (non-hydrogen) atoms. The summed E-state index contributed by atoms with van der Waals surface area (Å²) in [5.74, 6) is 0.0365. The number of aromatic nitrogens is 1. The van der Waals surface area contributed by atoms with Crippen LogP contribution in [0, 0.1) is 11.7 Å². The lowest BCUT2D eigenvalue weighted by molar-refractivity contribution is 0.148. The van der Waals surface area contributed by atoms with E-state index in [9.17, 15) is 4.39 Å². The van der Waals surface area contributed by atoms with Gasteiger partial charge in [0.2, 0.25) is 0 Å². The van der Waals surface area contributed by atoms with Crippen molar-refractivity contribution >= 4 is 0 Å². The molecular weight excluding hydrogens is 195 g/mol. The zero-order chi connectivity index (χ0) is 10.7. The fourth-order valence-electron chi connectivity index (χ4n) is 2.03. The van der Waals surface area contributed by atoms with Crippen LogP contribution >= 0.6 is 0 Å². The second-order valence-corrected chi connectivity index (χ2v) is 3.87. The van der Waals surface area contributed by atoms with E-state index in [-0.39, 0.29) is 12.0 Å². The van der Waals surface area contributed by atoms with Gasteiger partial charge in [-0.25, -0.2) is 9.37 Å². The molecule has 2 rings (SSSR count). The predicted molar refractivity (Wildman–Crippen MR) is 55.0 cm³/mol. The van der Waals surface area contributed by atoms with Crippen molar-refractivity contribution in [2.75, 3.05) is 6.54 Å². The first-order valence-electron chi connectivity index (χ1n) is 5.28. The number of hydrogen-bond donors (Lipinski definition) is 1. The van der Waals surface area contributed by atoms with Crippen molar-refractivity contribution in [3.8, 4) is 5.88 Å². The van der Waals surface area contributed by atoms with E-state index in [1.165, 1.54) is 12.3 Å². The van der Waals surface area contributed by atoms with Gasteiger partial charge in [-0.3, -0.25) is 0 Å². The van der Waals surface area contributed by atoms with E-state index < -0.39 is 5.82 Å². The minimum absolute atomic E-state index is 0.0272. The standard InChI is InChI=1S/C11H15FN2O/c12-9-4-2-6-14-11(9)15-10-5-1-3-8(10)7-13/h2,4,6,8,10H,1,3,5,7,13H2. The highest BCUT2D eigenvalue weighted by Gasteiger charge is 2.28. The van der Waals surface area contributed by atoms with Crippen LogP contribution in [0.3, 0.4) is 0 Å². The summed E-state index contributed by atoms with van der Waals surface area (Å²) < 4.78 is 18.8. The lowest BCUT2D eigenvalue weighted by Crippen LogP contribution is -2.28. The van der Waals surface area contributed by atoms with E-state index in [0.29, 0.717) is 12.5 Å². The van der Waals surface area contributed by atoms with Crippen molar-refractivity contribution in [3.05, 3.63) is 24.1 Å². The van der Waals surface area contributed by atoms with Gasteiger partial charge in [0, 0.05) is 12.1 Å². The van der Waals surface area contributed by atoms with Gasteiger partial charge in [-0.15, -0.1) is 0 Å². The monoisotopic (exact) mass is 210 g/mol. The van der Waals surface area contributed by atoms with E-state index in [2.05, 4.69) is 4.98 Å². The maximum atomic E-state index is 13.3. The molecule has 0 amide bonds. The lowest BCUT2D eigenvalue weighted by atomic mass is 10.1. The summed E-state index contributed by atoms with van der Waals surface area (Å²) in [4.78, 5) is 3.87. The molecule has 1 aliphatic rings. The van der Waals surface area contributed by atoms with Crippen LogP contribution in [0.25, 0.3) is 0 Å². The minimum Gasteiger partial charge on any atom is -0.472 e. The second-order valence-electron chi connectivity index (χ2n) is 3.87. The molecule has 1 saturated carbocycles. The van der Waals surface area contributed by atoms with Crippen molar-refractivity contribution in [1.29, 1.82) is 0 Å². The van der Waals surface area contributed by atoms with Crippen LogP contribution in [0.15, 0.2) is 18.3 Å². The number of pyridine rings is 1. The largest absolute Gasteiger partial charge is 0.472 e. The summed E-state index contributed by atoms with van der Waals surface area (Å²) in [6.45, 7) is 0.596. The fourth-order valence-corrected chi connectivity index (χ4v) is 2.03. The average molecular weight is 210 g/mol. The van der Waals surface area contributed by atoms with Gasteiger partial charge in [0.15, 0.2) is 5.82 Å². The fraction of sp³-hybridized carbons (Fsp3) is 0.545. The Morgan fingerprint density at radius 2 is 2.40 bits per heavy atom. The zero-order valence-electron chi connectivity index (χ0n) is 8.53. The predicted octanol–water partition coefficient (Wildman–Crippen LogP) is 1.73. The molecule has 1 aliphatic carbocycles. The van der Waals surface area contributed by atoms with Gasteiger partial charge in [0.25, 0.3) is 5.88 Å². The first-order chi connectivity index (χ1) is 7.31. The van der Waals surface area contributed by atoms with Gasteiger partial charge in [0.05, 0.1) is 0 Å². The van der Waals surface area contributed by atoms with Gasteiger partial charge >= 0.3 is 0 Å². The van der Waals surface area contributed by atoms with Crippen LogP contribution in [-0.2, 0) is 0 Å². The third kappa shape index (κ3) is 2.26. The average Bonchev–Trinajstić information content (AvgIpc) is 2.69. The Morgan fingerprint density at radius 1 is 1.53 bits per heavy atom. The summed E-state index contributed by atoms with van der Waals surface area (Å²) in [5.41, 5.74) is 5.62. The molecular formula is C11H15FN2O. The molecule has 0 radical (unpaired) electrons. The molecule has 2 unspecified atom stereocenters. The van der Waals surface area contributed by atoms with Crippen LogP contribution in [-0.4, -0.2) is 17.6 Å². The van der Waals surface area contributed by atoms with Crippen LogP contribution in [0.5, 0.6) is 5.88 Å². The molecule has 0 saturated heterocycles. The number of nitrogens with two attached hydrogens (primary N) is 1. The Labute approximate surface area is 88.5 Å². The summed E-state index contributed by atoms with van der Waals surface area (Å²) in [6, 6.07) is 2.91. The van der Waals surface area contributed by atoms with Crippen molar-refractivity contribution in [2.24, 2.45) is 11.7 Å². The molecule has 1 fully saturated rings. The third-order valence-corrected chi connectivity index (χ3v) is 2.88. The van der Waals surface area contributed by atoms with Gasteiger partial charge < -0.3 is 10.5 Å². The highest BCUT2D eigenvalue weighted by atomic mass is 19.1. The zero-order valence-corrected chi connectivity index (χ0v) is 8.53. The molecule has 0 spiro atoms. The molecule has 0 aliphatic heterocycles. The SMILES string of the molecule is NCC1CCCC1Oc1ncccc1F. The van der Waals surface area contributed by atoms with Gasteiger partial charge in [0.1, 0.15) is 6.10 Å². The van der Waals surface area contributed by atoms with E-state index in [0.717, 1.165) is 19.3 Å². The van der Waals surface area contributed by atoms with Crippen LogP contribution in [0.2, 0.25) is 0 Å².